The van der Waals surface area contributed by atoms with Gasteiger partial charge >= 0.3 is 0 Å². The molecule has 6 nitrogen and oxygen atoms in total. The Hall–Kier alpha value is -3.41. The third-order valence-electron chi connectivity index (χ3n) is 3.63. The van der Waals surface area contributed by atoms with E-state index in [0.717, 1.165) is 33.9 Å². The van der Waals surface area contributed by atoms with Crippen LogP contribution in [0.4, 0.5) is 11.5 Å². The molecule has 0 radical (unpaired) electrons. The lowest BCUT2D eigenvalue weighted by Gasteiger charge is -2.12. The maximum absolute atomic E-state index is 7.12. The van der Waals surface area contributed by atoms with E-state index in [0.29, 0.717) is 18.1 Å². The first-order valence-corrected chi connectivity index (χ1v) is 7.47. The molecule has 24 heavy (non-hydrogen) atoms. The molecule has 0 aliphatic carbocycles. The molecule has 0 saturated carbocycles. The molecule has 1 aromatic carbocycles. The number of nitrogens with zero attached hydrogens (tertiary/aromatic N) is 2. The van der Waals surface area contributed by atoms with Crippen LogP contribution >= 0.6 is 0 Å². The van der Waals surface area contributed by atoms with Gasteiger partial charge in [0, 0.05) is 48.0 Å². The van der Waals surface area contributed by atoms with Crippen LogP contribution in [0.1, 0.15) is 11.1 Å². The molecular formula is C18H18N6. The normalized spacial score (nSPS) is 11.4. The van der Waals surface area contributed by atoms with Crippen molar-refractivity contribution < 1.29 is 0 Å². The van der Waals surface area contributed by atoms with Crippen LogP contribution in [-0.2, 0) is 6.54 Å². The molecule has 120 valence electrons. The molecule has 6 heteroatoms. The predicted octanol–water partition coefficient (Wildman–Crippen LogP) is 2.77. The van der Waals surface area contributed by atoms with E-state index in [1.807, 2.05) is 42.6 Å². The molecule has 0 amide bonds. The van der Waals surface area contributed by atoms with E-state index in [-0.39, 0.29) is 0 Å². The van der Waals surface area contributed by atoms with Crippen molar-refractivity contribution in [3.8, 4) is 0 Å². The Labute approximate surface area is 139 Å². The van der Waals surface area contributed by atoms with Crippen LogP contribution in [0.2, 0.25) is 0 Å². The number of nitrogen functional groups attached to an aromatic ring is 1. The molecule has 2 heterocycles. The van der Waals surface area contributed by atoms with Gasteiger partial charge in [-0.15, -0.1) is 0 Å². The van der Waals surface area contributed by atoms with Crippen molar-refractivity contribution in [3.63, 3.8) is 0 Å². The fourth-order valence-electron chi connectivity index (χ4n) is 2.46. The molecule has 0 fully saturated rings. The highest BCUT2D eigenvalue weighted by Gasteiger charge is 2.07. The minimum absolute atomic E-state index is 0.433. The highest BCUT2D eigenvalue weighted by molar-refractivity contribution is 5.95. The van der Waals surface area contributed by atoms with Gasteiger partial charge in [-0.1, -0.05) is 18.2 Å². The van der Waals surface area contributed by atoms with Crippen LogP contribution in [-0.4, -0.2) is 16.2 Å². The molecule has 0 atom stereocenters. The zero-order valence-corrected chi connectivity index (χ0v) is 13.0. The van der Waals surface area contributed by atoms with Crippen molar-refractivity contribution in [1.29, 1.82) is 5.41 Å². The number of pyridine rings is 2. The number of nitrogens with one attached hydrogen (secondary N) is 2. The summed E-state index contributed by atoms with van der Waals surface area (Å²) in [5.74, 6) is 0.433. The van der Waals surface area contributed by atoms with Gasteiger partial charge < -0.3 is 22.2 Å². The van der Waals surface area contributed by atoms with Crippen LogP contribution in [0.25, 0.3) is 16.6 Å². The highest BCUT2D eigenvalue weighted by atomic mass is 14.9. The first kappa shape index (κ1) is 15.5. The second-order valence-electron chi connectivity index (χ2n) is 5.33. The molecule has 0 spiro atoms. The van der Waals surface area contributed by atoms with Crippen LogP contribution in [0.5, 0.6) is 0 Å². The van der Waals surface area contributed by atoms with Gasteiger partial charge in [0.1, 0.15) is 5.82 Å². The van der Waals surface area contributed by atoms with E-state index in [4.69, 9.17) is 16.9 Å². The van der Waals surface area contributed by atoms with E-state index in [2.05, 4.69) is 15.3 Å². The lowest BCUT2D eigenvalue weighted by atomic mass is 10.1. The van der Waals surface area contributed by atoms with E-state index in [1.54, 1.807) is 6.20 Å². The number of allylic oxidation sites excluding steroid dienone is 1. The van der Waals surface area contributed by atoms with E-state index >= 15 is 0 Å². The van der Waals surface area contributed by atoms with Gasteiger partial charge in [0.05, 0.1) is 5.52 Å². The molecule has 0 bridgehead atoms. The minimum atomic E-state index is 0.433. The quantitative estimate of drug-likeness (QED) is 0.540. The maximum Gasteiger partial charge on any atom is 0.126 e. The number of hydrogen-bond donors (Lipinski definition) is 4. The predicted molar refractivity (Wildman–Crippen MR) is 98.7 cm³/mol. The summed E-state index contributed by atoms with van der Waals surface area (Å²) < 4.78 is 0. The number of aromatic nitrogens is 2. The molecule has 0 unspecified atom stereocenters. The third kappa shape index (κ3) is 3.33. The molecular weight excluding hydrogens is 300 g/mol. The second kappa shape index (κ2) is 6.78. The summed E-state index contributed by atoms with van der Waals surface area (Å²) in [6.45, 7) is 0.643. The average molecular weight is 318 g/mol. The fourth-order valence-corrected chi connectivity index (χ4v) is 2.46. The number of fused-ring (bicyclic) bond motifs is 1. The highest BCUT2D eigenvalue weighted by Crippen LogP contribution is 2.27. The number of anilines is 2. The summed E-state index contributed by atoms with van der Waals surface area (Å²) in [5, 5.41) is 11.5. The zero-order chi connectivity index (χ0) is 16.9. The Morgan fingerprint density at radius 2 is 2.12 bits per heavy atom. The van der Waals surface area contributed by atoms with Crippen LogP contribution in [0.3, 0.4) is 0 Å². The first-order valence-electron chi connectivity index (χ1n) is 7.47. The standard InChI is InChI=1S/C18H18N6/c19-6-5-15(20)13-3-4-14-16(9-18(21)24-17(14)8-13)23-11-12-2-1-7-22-10-12/h1-10,19H,11,20H2,(H3,21,23,24)/b15-5-,19-6?. The Kier molecular flexibility index (Phi) is 4.38. The molecule has 0 aliphatic heterocycles. The Morgan fingerprint density at radius 3 is 2.88 bits per heavy atom. The third-order valence-corrected chi connectivity index (χ3v) is 3.63. The fraction of sp³-hybridized carbons (Fsp3) is 0.0556. The van der Waals surface area contributed by atoms with E-state index in [9.17, 15) is 0 Å². The second-order valence-corrected chi connectivity index (χ2v) is 5.33. The smallest absolute Gasteiger partial charge is 0.126 e. The average Bonchev–Trinajstić information content (AvgIpc) is 2.60. The summed E-state index contributed by atoms with van der Waals surface area (Å²) in [6, 6.07) is 11.5. The van der Waals surface area contributed by atoms with Gasteiger partial charge in [-0.25, -0.2) is 4.98 Å². The van der Waals surface area contributed by atoms with Crippen LogP contribution in [0, 0.1) is 5.41 Å². The van der Waals surface area contributed by atoms with Gasteiger partial charge in [0.2, 0.25) is 0 Å². The number of benzene rings is 1. The van der Waals surface area contributed by atoms with Crippen molar-refractivity contribution >= 4 is 34.3 Å². The number of hydrogen-bond acceptors (Lipinski definition) is 6. The largest absolute Gasteiger partial charge is 0.398 e. The summed E-state index contributed by atoms with van der Waals surface area (Å²) in [7, 11) is 0. The topological polar surface area (TPSA) is 114 Å². The Morgan fingerprint density at radius 1 is 1.25 bits per heavy atom. The first-order chi connectivity index (χ1) is 11.7. The summed E-state index contributed by atoms with van der Waals surface area (Å²) >= 11 is 0. The maximum atomic E-state index is 7.12. The van der Waals surface area contributed by atoms with Gasteiger partial charge in [-0.2, -0.15) is 0 Å². The summed E-state index contributed by atoms with van der Waals surface area (Å²) in [6.07, 6.45) is 6.26. The molecule has 0 saturated heterocycles. The molecule has 6 N–H and O–H groups in total. The van der Waals surface area contributed by atoms with Crippen LogP contribution in [0.15, 0.2) is 54.9 Å². The van der Waals surface area contributed by atoms with Crippen molar-refractivity contribution in [3.05, 3.63) is 66.0 Å². The van der Waals surface area contributed by atoms with Crippen molar-refractivity contribution in [1.82, 2.24) is 9.97 Å². The van der Waals surface area contributed by atoms with Gasteiger partial charge in [0.15, 0.2) is 0 Å². The molecule has 0 aliphatic rings. The summed E-state index contributed by atoms with van der Waals surface area (Å²) in [5.41, 5.74) is 15.9. The Bertz CT molecular complexity index is 902. The van der Waals surface area contributed by atoms with Crippen molar-refractivity contribution in [2.24, 2.45) is 5.73 Å². The van der Waals surface area contributed by atoms with Gasteiger partial charge in [0.25, 0.3) is 0 Å². The lowest BCUT2D eigenvalue weighted by molar-refractivity contribution is 1.11. The SMILES string of the molecule is N=C/C=C(\N)c1ccc2c(NCc3cccnc3)cc(N)nc2c1. The van der Waals surface area contributed by atoms with Gasteiger partial charge in [-0.3, -0.25) is 4.98 Å². The number of nitrogens with two attached hydrogens (primary N) is 2. The van der Waals surface area contributed by atoms with Crippen molar-refractivity contribution in [2.45, 2.75) is 6.54 Å². The minimum Gasteiger partial charge on any atom is -0.398 e. The van der Waals surface area contributed by atoms with Crippen molar-refractivity contribution in [2.75, 3.05) is 11.1 Å². The Balaban J connectivity index is 1.96. The zero-order valence-electron chi connectivity index (χ0n) is 13.0. The monoisotopic (exact) mass is 318 g/mol. The van der Waals surface area contributed by atoms with E-state index in [1.165, 1.54) is 6.08 Å². The van der Waals surface area contributed by atoms with Gasteiger partial charge in [-0.05, 0) is 29.3 Å². The van der Waals surface area contributed by atoms with Crippen LogP contribution < -0.4 is 16.8 Å². The lowest BCUT2D eigenvalue weighted by Crippen LogP contribution is -2.03. The summed E-state index contributed by atoms with van der Waals surface area (Å²) in [4.78, 5) is 8.49. The molecule has 3 rings (SSSR count). The molecule has 2 aromatic heterocycles. The van der Waals surface area contributed by atoms with E-state index < -0.39 is 0 Å². The number of rotatable bonds is 5. The molecule has 3 aromatic rings.